The number of allylic oxidation sites excluding steroid dienone is 1. The number of benzene rings is 3. The SMILES string of the molecule is N#C/C(=C\c1ccc(OCc2ccc(Cl)cc2)c(Br)c1)C(=O)c1cccc([N+](=O)[O-])c1. The van der Waals surface area contributed by atoms with Crippen LogP contribution in [0.3, 0.4) is 0 Å². The normalized spacial score (nSPS) is 10.9. The van der Waals surface area contributed by atoms with Crippen molar-refractivity contribution in [2.45, 2.75) is 6.61 Å². The van der Waals surface area contributed by atoms with E-state index in [0.717, 1.165) is 11.6 Å². The minimum Gasteiger partial charge on any atom is -0.488 e. The van der Waals surface area contributed by atoms with Crippen LogP contribution in [0.15, 0.2) is 76.8 Å². The summed E-state index contributed by atoms with van der Waals surface area (Å²) in [5.74, 6) is 0.000931. The Hall–Kier alpha value is -3.47. The standard InChI is InChI=1S/C23H14BrClN2O4/c24-21-11-16(6-9-22(21)31-14-15-4-7-19(25)8-5-15)10-18(13-26)23(28)17-2-1-3-20(12-17)27(29)30/h1-12H,14H2/b18-10+. The third kappa shape index (κ3) is 5.79. The van der Waals surface area contributed by atoms with Crippen molar-refractivity contribution in [3.63, 3.8) is 0 Å². The maximum absolute atomic E-state index is 12.6. The van der Waals surface area contributed by atoms with E-state index in [-0.39, 0.29) is 16.8 Å². The van der Waals surface area contributed by atoms with Gasteiger partial charge in [0.1, 0.15) is 24.0 Å². The number of carbonyl (C=O) groups excluding carboxylic acids is 1. The number of hydrogen-bond donors (Lipinski definition) is 0. The van der Waals surface area contributed by atoms with E-state index in [1.165, 1.54) is 24.3 Å². The number of nitrogens with zero attached hydrogens (tertiary/aromatic N) is 2. The topological polar surface area (TPSA) is 93.2 Å². The van der Waals surface area contributed by atoms with Gasteiger partial charge in [0.15, 0.2) is 0 Å². The van der Waals surface area contributed by atoms with E-state index in [9.17, 15) is 20.2 Å². The lowest BCUT2D eigenvalue weighted by Gasteiger charge is -2.09. The third-order valence-corrected chi connectivity index (χ3v) is 5.13. The quantitative estimate of drug-likeness (QED) is 0.124. The Labute approximate surface area is 191 Å². The maximum Gasteiger partial charge on any atom is 0.270 e. The summed E-state index contributed by atoms with van der Waals surface area (Å²) in [4.78, 5) is 23.0. The molecule has 3 aromatic rings. The molecule has 0 bridgehead atoms. The fourth-order valence-electron chi connectivity index (χ4n) is 2.70. The first kappa shape index (κ1) is 22.2. The number of rotatable bonds is 7. The van der Waals surface area contributed by atoms with Gasteiger partial charge in [-0.15, -0.1) is 0 Å². The zero-order chi connectivity index (χ0) is 22.4. The lowest BCUT2D eigenvalue weighted by atomic mass is 10.0. The smallest absolute Gasteiger partial charge is 0.270 e. The number of nitro groups is 1. The van der Waals surface area contributed by atoms with Crippen molar-refractivity contribution in [2.24, 2.45) is 0 Å². The summed E-state index contributed by atoms with van der Waals surface area (Å²) < 4.78 is 6.44. The zero-order valence-corrected chi connectivity index (χ0v) is 18.3. The van der Waals surface area contributed by atoms with Crippen LogP contribution in [-0.4, -0.2) is 10.7 Å². The van der Waals surface area contributed by atoms with Gasteiger partial charge in [0.2, 0.25) is 5.78 Å². The van der Waals surface area contributed by atoms with Crippen LogP contribution in [0.2, 0.25) is 5.02 Å². The molecule has 154 valence electrons. The number of Topliss-reactive ketones (excluding diaryl/α,β-unsaturated/α-hetero) is 1. The summed E-state index contributed by atoms with van der Waals surface area (Å²) in [6, 6.07) is 19.6. The highest BCUT2D eigenvalue weighted by Crippen LogP contribution is 2.28. The minimum absolute atomic E-state index is 0.0731. The summed E-state index contributed by atoms with van der Waals surface area (Å²) in [7, 11) is 0. The van der Waals surface area contributed by atoms with E-state index in [2.05, 4.69) is 15.9 Å². The van der Waals surface area contributed by atoms with Crippen molar-refractivity contribution in [2.75, 3.05) is 0 Å². The first-order chi connectivity index (χ1) is 14.9. The molecule has 3 rings (SSSR count). The Morgan fingerprint density at radius 2 is 1.90 bits per heavy atom. The fraction of sp³-hybridized carbons (Fsp3) is 0.0435. The zero-order valence-electron chi connectivity index (χ0n) is 15.9. The van der Waals surface area contributed by atoms with Crippen LogP contribution in [0.1, 0.15) is 21.5 Å². The van der Waals surface area contributed by atoms with Crippen molar-refractivity contribution in [3.8, 4) is 11.8 Å². The molecule has 0 aliphatic carbocycles. The van der Waals surface area contributed by atoms with Crippen molar-refractivity contribution in [1.82, 2.24) is 0 Å². The average Bonchev–Trinajstić information content (AvgIpc) is 2.77. The van der Waals surface area contributed by atoms with E-state index in [1.807, 2.05) is 18.2 Å². The molecule has 0 fully saturated rings. The Morgan fingerprint density at radius 3 is 2.55 bits per heavy atom. The number of hydrogen-bond acceptors (Lipinski definition) is 5. The van der Waals surface area contributed by atoms with Crippen LogP contribution < -0.4 is 4.74 Å². The molecule has 0 radical (unpaired) electrons. The lowest BCUT2D eigenvalue weighted by Crippen LogP contribution is -2.03. The molecule has 0 aromatic heterocycles. The van der Waals surface area contributed by atoms with Gasteiger partial charge in [0.25, 0.3) is 5.69 Å². The molecule has 0 saturated carbocycles. The van der Waals surface area contributed by atoms with E-state index in [0.29, 0.717) is 27.4 Å². The van der Waals surface area contributed by atoms with Gasteiger partial charge < -0.3 is 4.74 Å². The molecule has 0 aliphatic rings. The average molecular weight is 498 g/mol. The molecule has 0 unspecified atom stereocenters. The van der Waals surface area contributed by atoms with Crippen LogP contribution in [-0.2, 0) is 6.61 Å². The van der Waals surface area contributed by atoms with Gasteiger partial charge in [-0.1, -0.05) is 41.9 Å². The highest BCUT2D eigenvalue weighted by Gasteiger charge is 2.16. The number of nitro benzene ring substituents is 1. The summed E-state index contributed by atoms with van der Waals surface area (Å²) in [5.41, 5.74) is 1.27. The monoisotopic (exact) mass is 496 g/mol. The highest BCUT2D eigenvalue weighted by molar-refractivity contribution is 9.10. The second-order valence-corrected chi connectivity index (χ2v) is 7.70. The van der Waals surface area contributed by atoms with Gasteiger partial charge in [-0.05, 0) is 57.4 Å². The number of ether oxygens (including phenoxy) is 1. The van der Waals surface area contributed by atoms with E-state index in [4.69, 9.17) is 16.3 Å². The molecule has 0 amide bonds. The second-order valence-electron chi connectivity index (χ2n) is 6.41. The van der Waals surface area contributed by atoms with Gasteiger partial charge in [0, 0.05) is 22.7 Å². The van der Waals surface area contributed by atoms with Gasteiger partial charge in [-0.2, -0.15) is 5.26 Å². The van der Waals surface area contributed by atoms with Gasteiger partial charge in [0.05, 0.1) is 9.40 Å². The van der Waals surface area contributed by atoms with Gasteiger partial charge in [-0.3, -0.25) is 14.9 Å². The number of ketones is 1. The number of nitriles is 1. The highest BCUT2D eigenvalue weighted by atomic mass is 79.9. The second kappa shape index (κ2) is 10.0. The molecular formula is C23H14BrClN2O4. The van der Waals surface area contributed by atoms with Crippen molar-refractivity contribution >= 4 is 45.1 Å². The minimum atomic E-state index is -0.592. The lowest BCUT2D eigenvalue weighted by molar-refractivity contribution is -0.384. The predicted molar refractivity (Wildman–Crippen MR) is 121 cm³/mol. The molecule has 31 heavy (non-hydrogen) atoms. The Balaban J connectivity index is 1.78. The van der Waals surface area contributed by atoms with Crippen molar-refractivity contribution in [1.29, 1.82) is 5.26 Å². The van der Waals surface area contributed by atoms with Gasteiger partial charge in [-0.25, -0.2) is 0 Å². The summed E-state index contributed by atoms with van der Waals surface area (Å²) in [6.07, 6.45) is 1.43. The third-order valence-electron chi connectivity index (χ3n) is 4.26. The van der Waals surface area contributed by atoms with Crippen molar-refractivity contribution < 1.29 is 14.5 Å². The van der Waals surface area contributed by atoms with E-state index < -0.39 is 10.7 Å². The Morgan fingerprint density at radius 1 is 1.16 bits per heavy atom. The summed E-state index contributed by atoms with van der Waals surface area (Å²) in [6.45, 7) is 0.347. The molecular weight excluding hydrogens is 484 g/mol. The van der Waals surface area contributed by atoms with E-state index in [1.54, 1.807) is 30.3 Å². The summed E-state index contributed by atoms with van der Waals surface area (Å²) >= 11 is 9.31. The molecule has 3 aromatic carbocycles. The summed E-state index contributed by atoms with van der Waals surface area (Å²) in [5, 5.41) is 21.0. The van der Waals surface area contributed by atoms with Crippen molar-refractivity contribution in [3.05, 3.63) is 109 Å². The van der Waals surface area contributed by atoms with Crippen LogP contribution in [0, 0.1) is 21.4 Å². The predicted octanol–water partition coefficient (Wildman–Crippen LogP) is 6.38. The number of carbonyl (C=O) groups is 1. The van der Waals surface area contributed by atoms with E-state index >= 15 is 0 Å². The van der Waals surface area contributed by atoms with Gasteiger partial charge >= 0.3 is 0 Å². The Kier molecular flexibility index (Phi) is 7.19. The van der Waals surface area contributed by atoms with Crippen LogP contribution >= 0.6 is 27.5 Å². The molecule has 0 saturated heterocycles. The number of non-ortho nitro benzene ring substituents is 1. The maximum atomic E-state index is 12.6. The largest absolute Gasteiger partial charge is 0.488 e. The van der Waals surface area contributed by atoms with Crippen LogP contribution in [0.25, 0.3) is 6.08 Å². The van der Waals surface area contributed by atoms with Crippen LogP contribution in [0.5, 0.6) is 5.75 Å². The Bertz CT molecular complexity index is 1220. The molecule has 6 nitrogen and oxygen atoms in total. The van der Waals surface area contributed by atoms with Crippen LogP contribution in [0.4, 0.5) is 5.69 Å². The molecule has 0 N–H and O–H groups in total. The molecule has 0 aliphatic heterocycles. The fourth-order valence-corrected chi connectivity index (χ4v) is 3.33. The first-order valence-corrected chi connectivity index (χ1v) is 10.1. The molecule has 0 heterocycles. The number of halogens is 2. The molecule has 8 heteroatoms. The molecule has 0 atom stereocenters. The first-order valence-electron chi connectivity index (χ1n) is 8.95. The molecule has 0 spiro atoms.